The number of aliphatic hydroxyl groups excluding tert-OH is 1. The van der Waals surface area contributed by atoms with Gasteiger partial charge in [-0.2, -0.15) is 0 Å². The minimum Gasteiger partial charge on any atom is -0.494 e. The SMILES string of the molecule is COC1=Cc2ccccc2OC1O. The fourth-order valence-corrected chi connectivity index (χ4v) is 1.27. The molecule has 2 rings (SSSR count). The van der Waals surface area contributed by atoms with Crippen LogP contribution in [0.25, 0.3) is 6.08 Å². The molecule has 0 saturated heterocycles. The molecule has 0 bridgehead atoms. The second-order valence-corrected chi connectivity index (χ2v) is 2.76. The van der Waals surface area contributed by atoms with Crippen LogP contribution in [-0.4, -0.2) is 18.5 Å². The normalized spacial score (nSPS) is 19.8. The summed E-state index contributed by atoms with van der Waals surface area (Å²) in [6, 6.07) is 7.47. The fourth-order valence-electron chi connectivity index (χ4n) is 1.27. The Kier molecular flexibility index (Phi) is 1.94. The third-order valence-electron chi connectivity index (χ3n) is 1.93. The van der Waals surface area contributed by atoms with E-state index in [1.807, 2.05) is 24.3 Å². The lowest BCUT2D eigenvalue weighted by molar-refractivity contribution is -0.0255. The van der Waals surface area contributed by atoms with Gasteiger partial charge in [-0.15, -0.1) is 0 Å². The topological polar surface area (TPSA) is 38.7 Å². The number of fused-ring (bicyclic) bond motifs is 1. The number of hydrogen-bond acceptors (Lipinski definition) is 3. The largest absolute Gasteiger partial charge is 0.494 e. The Hall–Kier alpha value is -1.48. The Morgan fingerprint density at radius 1 is 1.38 bits per heavy atom. The van der Waals surface area contributed by atoms with Crippen molar-refractivity contribution >= 4 is 6.08 Å². The maximum Gasteiger partial charge on any atom is 0.256 e. The molecule has 1 heterocycles. The van der Waals surface area contributed by atoms with Gasteiger partial charge in [-0.25, -0.2) is 0 Å². The molecule has 0 aliphatic carbocycles. The average molecular weight is 178 g/mol. The molecule has 3 nitrogen and oxygen atoms in total. The molecular weight excluding hydrogens is 168 g/mol. The van der Waals surface area contributed by atoms with E-state index in [9.17, 15) is 5.11 Å². The van der Waals surface area contributed by atoms with Crippen LogP contribution in [-0.2, 0) is 4.74 Å². The van der Waals surface area contributed by atoms with Crippen LogP contribution in [0.3, 0.4) is 0 Å². The Morgan fingerprint density at radius 3 is 2.92 bits per heavy atom. The molecule has 68 valence electrons. The standard InChI is InChI=1S/C10H10O3/c1-12-9-6-7-4-2-3-5-8(7)13-10(9)11/h2-6,10-11H,1H3. The van der Waals surface area contributed by atoms with Gasteiger partial charge < -0.3 is 14.6 Å². The van der Waals surface area contributed by atoms with E-state index >= 15 is 0 Å². The third-order valence-corrected chi connectivity index (χ3v) is 1.93. The Labute approximate surface area is 76.2 Å². The summed E-state index contributed by atoms with van der Waals surface area (Å²) in [5, 5.41) is 9.40. The minimum atomic E-state index is -0.986. The van der Waals surface area contributed by atoms with Crippen LogP contribution in [0.1, 0.15) is 5.56 Å². The first kappa shape index (κ1) is 8.13. The van der Waals surface area contributed by atoms with Crippen LogP contribution in [0.4, 0.5) is 0 Å². The highest BCUT2D eigenvalue weighted by atomic mass is 16.6. The summed E-state index contributed by atoms with van der Waals surface area (Å²) in [5.41, 5.74) is 0.921. The Bertz CT molecular complexity index is 344. The lowest BCUT2D eigenvalue weighted by Crippen LogP contribution is -2.22. The number of ether oxygens (including phenoxy) is 2. The summed E-state index contributed by atoms with van der Waals surface area (Å²) in [5.74, 6) is 1.11. The second kappa shape index (κ2) is 3.11. The van der Waals surface area contributed by atoms with Crippen molar-refractivity contribution in [3.8, 4) is 5.75 Å². The van der Waals surface area contributed by atoms with E-state index in [4.69, 9.17) is 9.47 Å². The first-order valence-electron chi connectivity index (χ1n) is 4.00. The number of rotatable bonds is 1. The minimum absolute atomic E-state index is 0.429. The monoisotopic (exact) mass is 178 g/mol. The third kappa shape index (κ3) is 1.38. The average Bonchev–Trinajstić information content (AvgIpc) is 2.17. The van der Waals surface area contributed by atoms with Gasteiger partial charge in [-0.3, -0.25) is 0 Å². The molecule has 0 spiro atoms. The molecule has 1 atom stereocenters. The van der Waals surface area contributed by atoms with E-state index in [0.29, 0.717) is 11.5 Å². The molecule has 1 aromatic rings. The van der Waals surface area contributed by atoms with Gasteiger partial charge in [-0.1, -0.05) is 18.2 Å². The van der Waals surface area contributed by atoms with Gasteiger partial charge in [0.25, 0.3) is 6.29 Å². The maximum atomic E-state index is 9.40. The molecule has 1 aliphatic rings. The number of aliphatic hydroxyl groups is 1. The molecule has 1 aromatic carbocycles. The number of benzene rings is 1. The Balaban J connectivity index is 2.44. The number of para-hydroxylation sites is 1. The van der Waals surface area contributed by atoms with Crippen LogP contribution in [0.5, 0.6) is 5.75 Å². The summed E-state index contributed by atoms with van der Waals surface area (Å²) in [7, 11) is 1.51. The smallest absolute Gasteiger partial charge is 0.256 e. The van der Waals surface area contributed by atoms with Crippen LogP contribution in [0, 0.1) is 0 Å². The van der Waals surface area contributed by atoms with Gasteiger partial charge in [0.15, 0.2) is 5.76 Å². The highest BCUT2D eigenvalue weighted by Crippen LogP contribution is 2.28. The highest BCUT2D eigenvalue weighted by molar-refractivity contribution is 5.61. The molecular formula is C10H10O3. The van der Waals surface area contributed by atoms with Crippen LogP contribution >= 0.6 is 0 Å². The van der Waals surface area contributed by atoms with Crippen molar-refractivity contribution in [3.05, 3.63) is 35.6 Å². The number of hydrogen-bond donors (Lipinski definition) is 1. The first-order chi connectivity index (χ1) is 6.31. The molecule has 0 amide bonds. The number of methoxy groups -OCH3 is 1. The fraction of sp³-hybridized carbons (Fsp3) is 0.200. The summed E-state index contributed by atoms with van der Waals surface area (Å²) in [6.45, 7) is 0. The van der Waals surface area contributed by atoms with Gasteiger partial charge in [0.05, 0.1) is 7.11 Å². The van der Waals surface area contributed by atoms with E-state index in [1.54, 1.807) is 6.08 Å². The molecule has 13 heavy (non-hydrogen) atoms. The van der Waals surface area contributed by atoms with Crippen LogP contribution in [0.15, 0.2) is 30.0 Å². The molecule has 0 saturated carbocycles. The molecule has 3 heteroatoms. The van der Waals surface area contributed by atoms with Crippen molar-refractivity contribution in [1.29, 1.82) is 0 Å². The van der Waals surface area contributed by atoms with Gasteiger partial charge >= 0.3 is 0 Å². The lowest BCUT2D eigenvalue weighted by Gasteiger charge is -2.21. The molecule has 1 aliphatic heterocycles. The van der Waals surface area contributed by atoms with E-state index in [1.165, 1.54) is 7.11 Å². The first-order valence-corrected chi connectivity index (χ1v) is 4.00. The summed E-state index contributed by atoms with van der Waals surface area (Å²) < 4.78 is 10.1. The zero-order chi connectivity index (χ0) is 9.26. The summed E-state index contributed by atoms with van der Waals surface area (Å²) >= 11 is 0. The lowest BCUT2D eigenvalue weighted by atomic mass is 10.1. The van der Waals surface area contributed by atoms with Crippen molar-refractivity contribution in [2.45, 2.75) is 6.29 Å². The quantitative estimate of drug-likeness (QED) is 0.706. The molecule has 0 radical (unpaired) electrons. The van der Waals surface area contributed by atoms with Crippen LogP contribution < -0.4 is 4.74 Å². The van der Waals surface area contributed by atoms with E-state index < -0.39 is 6.29 Å². The molecule has 1 N–H and O–H groups in total. The second-order valence-electron chi connectivity index (χ2n) is 2.76. The predicted molar refractivity (Wildman–Crippen MR) is 48.1 cm³/mol. The Morgan fingerprint density at radius 2 is 2.15 bits per heavy atom. The van der Waals surface area contributed by atoms with Crippen molar-refractivity contribution in [2.75, 3.05) is 7.11 Å². The predicted octanol–water partition coefficient (Wildman–Crippen LogP) is 1.38. The van der Waals surface area contributed by atoms with Gasteiger partial charge in [0.2, 0.25) is 0 Å². The van der Waals surface area contributed by atoms with Gasteiger partial charge in [-0.05, 0) is 12.1 Å². The maximum absolute atomic E-state index is 9.40. The molecule has 0 fully saturated rings. The van der Waals surface area contributed by atoms with Crippen molar-refractivity contribution in [1.82, 2.24) is 0 Å². The van der Waals surface area contributed by atoms with Crippen LogP contribution in [0.2, 0.25) is 0 Å². The summed E-state index contributed by atoms with van der Waals surface area (Å²) in [6.07, 6.45) is 0.781. The van der Waals surface area contributed by atoms with Gasteiger partial charge in [0, 0.05) is 5.56 Å². The van der Waals surface area contributed by atoms with Crippen molar-refractivity contribution in [2.24, 2.45) is 0 Å². The van der Waals surface area contributed by atoms with E-state index in [0.717, 1.165) is 5.56 Å². The van der Waals surface area contributed by atoms with E-state index in [2.05, 4.69) is 0 Å². The van der Waals surface area contributed by atoms with Gasteiger partial charge in [0.1, 0.15) is 5.75 Å². The summed E-state index contributed by atoms with van der Waals surface area (Å²) in [4.78, 5) is 0. The molecule has 0 aromatic heterocycles. The zero-order valence-corrected chi connectivity index (χ0v) is 7.23. The van der Waals surface area contributed by atoms with E-state index in [-0.39, 0.29) is 0 Å². The van der Waals surface area contributed by atoms with Crippen molar-refractivity contribution < 1.29 is 14.6 Å². The van der Waals surface area contributed by atoms with Crippen molar-refractivity contribution in [3.63, 3.8) is 0 Å². The molecule has 1 unspecified atom stereocenters. The highest BCUT2D eigenvalue weighted by Gasteiger charge is 2.20. The zero-order valence-electron chi connectivity index (χ0n) is 7.23.